The van der Waals surface area contributed by atoms with Crippen molar-refractivity contribution in [2.45, 2.75) is 20.3 Å². The molecule has 1 aliphatic heterocycles. The predicted molar refractivity (Wildman–Crippen MR) is 87.7 cm³/mol. The monoisotopic (exact) mass is 323 g/mol. The van der Waals surface area contributed by atoms with E-state index in [1.165, 1.54) is 6.07 Å². The zero-order chi connectivity index (χ0) is 16.4. The molecule has 1 aromatic rings. The molecule has 0 saturated carbocycles. The van der Waals surface area contributed by atoms with Crippen molar-refractivity contribution in [3.8, 4) is 0 Å². The van der Waals surface area contributed by atoms with Gasteiger partial charge in [-0.05, 0) is 18.1 Å². The van der Waals surface area contributed by atoms with Crippen LogP contribution in [0.25, 0.3) is 5.57 Å². The van der Waals surface area contributed by atoms with E-state index >= 15 is 0 Å². The average Bonchev–Trinajstić information content (AvgIpc) is 2.50. The summed E-state index contributed by atoms with van der Waals surface area (Å²) in [5.41, 5.74) is 6.76. The molecular formula is C16H19ClFN3O. The van der Waals surface area contributed by atoms with Crippen LogP contribution in [0.5, 0.6) is 0 Å². The Morgan fingerprint density at radius 3 is 2.82 bits per heavy atom. The highest BCUT2D eigenvalue weighted by molar-refractivity contribution is 6.33. The van der Waals surface area contributed by atoms with E-state index in [4.69, 9.17) is 22.7 Å². The maximum absolute atomic E-state index is 14.5. The highest BCUT2D eigenvalue weighted by atomic mass is 35.5. The van der Waals surface area contributed by atoms with Gasteiger partial charge in [-0.2, -0.15) is 0 Å². The van der Waals surface area contributed by atoms with E-state index in [0.717, 1.165) is 6.21 Å². The third-order valence-corrected chi connectivity index (χ3v) is 4.05. The van der Waals surface area contributed by atoms with Crippen molar-refractivity contribution < 1.29 is 9.18 Å². The molecule has 1 aliphatic rings. The molecule has 0 aliphatic carbocycles. The van der Waals surface area contributed by atoms with Gasteiger partial charge in [0.05, 0.1) is 10.7 Å². The number of carbonyl (C=O) groups excluding carboxylic acids is 1. The van der Waals surface area contributed by atoms with Crippen LogP contribution >= 0.6 is 11.6 Å². The number of hydrogen-bond donors (Lipinski definition) is 2. The topological polar surface area (TPSA) is 70.2 Å². The summed E-state index contributed by atoms with van der Waals surface area (Å²) >= 11 is 6.07. The van der Waals surface area contributed by atoms with Gasteiger partial charge in [0, 0.05) is 36.3 Å². The number of anilines is 1. The van der Waals surface area contributed by atoms with Crippen LogP contribution in [0, 0.1) is 17.1 Å². The van der Waals surface area contributed by atoms with E-state index in [1.807, 2.05) is 19.9 Å². The van der Waals surface area contributed by atoms with Crippen LogP contribution in [0.1, 0.15) is 31.4 Å². The number of hydrogen-bond acceptors (Lipinski definition) is 3. The van der Waals surface area contributed by atoms with Gasteiger partial charge in [-0.3, -0.25) is 4.79 Å². The molecule has 1 heterocycles. The summed E-state index contributed by atoms with van der Waals surface area (Å²) in [5.74, 6) is -0.646. The highest BCUT2D eigenvalue weighted by Crippen LogP contribution is 2.32. The molecule has 3 N–H and O–H groups in total. The second kappa shape index (κ2) is 6.48. The first-order valence-corrected chi connectivity index (χ1v) is 7.50. The smallest absolute Gasteiger partial charge is 0.225 e. The number of nitrogen functional groups attached to an aromatic ring is 1. The van der Waals surface area contributed by atoms with Gasteiger partial charge in [-0.1, -0.05) is 31.5 Å². The summed E-state index contributed by atoms with van der Waals surface area (Å²) in [4.78, 5) is 13.8. The fourth-order valence-electron chi connectivity index (χ4n) is 2.53. The maximum Gasteiger partial charge on any atom is 0.225 e. The molecule has 0 saturated heterocycles. The number of amides is 1. The number of benzene rings is 1. The molecular weight excluding hydrogens is 305 g/mol. The minimum Gasteiger partial charge on any atom is -0.396 e. The van der Waals surface area contributed by atoms with Crippen LogP contribution in [0.3, 0.4) is 0 Å². The van der Waals surface area contributed by atoms with Crippen LogP contribution < -0.4 is 5.73 Å². The molecule has 0 unspecified atom stereocenters. The summed E-state index contributed by atoms with van der Waals surface area (Å²) < 4.78 is 14.5. The molecule has 4 nitrogen and oxygen atoms in total. The number of nitrogens with zero attached hydrogens (tertiary/aromatic N) is 1. The first-order chi connectivity index (χ1) is 10.4. The van der Waals surface area contributed by atoms with Gasteiger partial charge < -0.3 is 16.0 Å². The van der Waals surface area contributed by atoms with Gasteiger partial charge in [0.1, 0.15) is 0 Å². The fraction of sp³-hybridized carbons (Fsp3) is 0.375. The third kappa shape index (κ3) is 2.99. The van der Waals surface area contributed by atoms with Crippen molar-refractivity contribution >= 4 is 35.0 Å². The van der Waals surface area contributed by atoms with Crippen LogP contribution in [-0.2, 0) is 4.79 Å². The maximum atomic E-state index is 14.5. The summed E-state index contributed by atoms with van der Waals surface area (Å²) in [6.45, 7) is 4.65. The Bertz CT molecular complexity index is 655. The normalized spacial score (nSPS) is 15.0. The lowest BCUT2D eigenvalue weighted by atomic mass is 9.97. The molecule has 2 rings (SSSR count). The number of nitrogens with two attached hydrogens (primary N) is 1. The highest BCUT2D eigenvalue weighted by Gasteiger charge is 2.24. The fourth-order valence-corrected chi connectivity index (χ4v) is 2.80. The molecule has 0 fully saturated rings. The van der Waals surface area contributed by atoms with Gasteiger partial charge in [0.15, 0.2) is 5.82 Å². The summed E-state index contributed by atoms with van der Waals surface area (Å²) in [5, 5.41) is 7.48. The quantitative estimate of drug-likeness (QED) is 0.661. The molecule has 0 spiro atoms. The lowest BCUT2D eigenvalue weighted by molar-refractivity contribution is -0.133. The molecule has 1 amide bonds. The van der Waals surface area contributed by atoms with Crippen molar-refractivity contribution in [2.75, 3.05) is 18.8 Å². The molecule has 6 heteroatoms. The predicted octanol–water partition coefficient (Wildman–Crippen LogP) is 3.33. The van der Waals surface area contributed by atoms with Gasteiger partial charge in [0.2, 0.25) is 5.91 Å². The van der Waals surface area contributed by atoms with E-state index in [9.17, 15) is 9.18 Å². The van der Waals surface area contributed by atoms with Gasteiger partial charge in [-0.15, -0.1) is 0 Å². The standard InChI is InChI=1S/C16H19ClFN3O/c1-9(2)16(22)21-5-3-4-10(8-21)11-6-13(17)12(7-19)15(20)14(11)18/h4,6-7,9,19H,3,5,8,20H2,1-2H3. The lowest BCUT2D eigenvalue weighted by Crippen LogP contribution is -2.38. The Balaban J connectivity index is 2.38. The van der Waals surface area contributed by atoms with Crippen LogP contribution in [-0.4, -0.2) is 30.1 Å². The number of carbonyl (C=O) groups is 1. The number of rotatable bonds is 3. The second-order valence-electron chi connectivity index (χ2n) is 5.62. The number of halogens is 2. The summed E-state index contributed by atoms with van der Waals surface area (Å²) in [7, 11) is 0. The number of nitrogens with one attached hydrogen (secondary N) is 1. The zero-order valence-corrected chi connectivity index (χ0v) is 13.4. The summed E-state index contributed by atoms with van der Waals surface area (Å²) in [6.07, 6.45) is 3.51. The average molecular weight is 324 g/mol. The molecule has 0 radical (unpaired) electrons. The minimum absolute atomic E-state index is 0.0428. The van der Waals surface area contributed by atoms with Gasteiger partial charge in [-0.25, -0.2) is 4.39 Å². The first-order valence-electron chi connectivity index (χ1n) is 7.13. The Morgan fingerprint density at radius 2 is 2.23 bits per heavy atom. The second-order valence-corrected chi connectivity index (χ2v) is 6.03. The Hall–Kier alpha value is -1.88. The molecule has 118 valence electrons. The molecule has 1 aromatic carbocycles. The molecule has 0 bridgehead atoms. The van der Waals surface area contributed by atoms with E-state index in [1.54, 1.807) is 4.90 Å². The summed E-state index contributed by atoms with van der Waals surface area (Å²) in [6, 6.07) is 1.48. The van der Waals surface area contributed by atoms with Crippen molar-refractivity contribution in [3.05, 3.63) is 34.1 Å². The first kappa shape index (κ1) is 16.5. The van der Waals surface area contributed by atoms with Gasteiger partial charge >= 0.3 is 0 Å². The third-order valence-electron chi connectivity index (χ3n) is 3.74. The van der Waals surface area contributed by atoms with Gasteiger partial charge in [0.25, 0.3) is 0 Å². The molecule has 22 heavy (non-hydrogen) atoms. The van der Waals surface area contributed by atoms with Crippen molar-refractivity contribution in [2.24, 2.45) is 5.92 Å². The minimum atomic E-state index is -0.590. The van der Waals surface area contributed by atoms with Crippen LogP contribution in [0.2, 0.25) is 5.02 Å². The van der Waals surface area contributed by atoms with Crippen molar-refractivity contribution in [1.29, 1.82) is 5.41 Å². The lowest BCUT2D eigenvalue weighted by Gasteiger charge is -2.29. The van der Waals surface area contributed by atoms with Crippen LogP contribution in [0.4, 0.5) is 10.1 Å². The SMILES string of the molecule is CC(C)C(=O)N1CCC=C(c2cc(Cl)c(C=N)c(N)c2F)C1. The van der Waals surface area contributed by atoms with Crippen LogP contribution in [0.15, 0.2) is 12.1 Å². The van der Waals surface area contributed by atoms with E-state index in [2.05, 4.69) is 0 Å². The Kier molecular flexibility index (Phi) is 4.86. The van der Waals surface area contributed by atoms with Crippen molar-refractivity contribution in [3.63, 3.8) is 0 Å². The van der Waals surface area contributed by atoms with Crippen molar-refractivity contribution in [1.82, 2.24) is 4.90 Å². The van der Waals surface area contributed by atoms with E-state index in [-0.39, 0.29) is 28.1 Å². The zero-order valence-electron chi connectivity index (χ0n) is 12.6. The molecule has 0 aromatic heterocycles. The Morgan fingerprint density at radius 1 is 1.55 bits per heavy atom. The van der Waals surface area contributed by atoms with E-state index in [0.29, 0.717) is 30.6 Å². The van der Waals surface area contributed by atoms with E-state index < -0.39 is 5.82 Å². The largest absolute Gasteiger partial charge is 0.396 e. The Labute approximate surface area is 134 Å². The molecule has 0 atom stereocenters.